The van der Waals surface area contributed by atoms with Crippen LogP contribution in [0, 0.1) is 12.8 Å². The molecule has 6 rings (SSSR count). The molecule has 0 aliphatic heterocycles. The summed E-state index contributed by atoms with van der Waals surface area (Å²) in [5.41, 5.74) is 4.51. The van der Waals surface area contributed by atoms with Crippen molar-refractivity contribution in [3.8, 4) is 11.3 Å². The number of aromatic nitrogens is 1. The fourth-order valence-corrected chi connectivity index (χ4v) is 5.82. The van der Waals surface area contributed by atoms with Gasteiger partial charge < -0.3 is 0 Å². The Kier molecular flexibility index (Phi) is 3.56. The SMILES string of the molecule is [2H]C(C)(c1ccnc(-c2cccc3c2sc2c4cc(C)ccc4ccc32)c1)C1CC1. The minimum atomic E-state index is -0.528. The molecule has 0 bridgehead atoms. The van der Waals surface area contributed by atoms with Gasteiger partial charge in [0.15, 0.2) is 0 Å². The molecule has 0 amide bonds. The lowest BCUT2D eigenvalue weighted by atomic mass is 9.95. The van der Waals surface area contributed by atoms with Gasteiger partial charge in [-0.25, -0.2) is 0 Å². The number of fused-ring (bicyclic) bond motifs is 5. The predicted octanol–water partition coefficient (Wildman–Crippen LogP) is 8.09. The van der Waals surface area contributed by atoms with E-state index in [4.69, 9.17) is 6.35 Å². The highest BCUT2D eigenvalue weighted by Crippen LogP contribution is 2.45. The fraction of sp³-hybridized carbons (Fsp3) is 0.222. The average molecular weight is 395 g/mol. The minimum Gasteiger partial charge on any atom is -0.256 e. The Labute approximate surface area is 176 Å². The summed E-state index contributed by atoms with van der Waals surface area (Å²) in [6.07, 6.45) is 4.21. The van der Waals surface area contributed by atoms with Crippen molar-refractivity contribution < 1.29 is 1.37 Å². The molecule has 1 unspecified atom stereocenters. The van der Waals surface area contributed by atoms with E-state index in [2.05, 4.69) is 68.4 Å². The third-order valence-corrected chi connectivity index (χ3v) is 7.61. The zero-order valence-electron chi connectivity index (χ0n) is 17.7. The van der Waals surface area contributed by atoms with Crippen LogP contribution in [0.3, 0.4) is 0 Å². The van der Waals surface area contributed by atoms with Crippen LogP contribution < -0.4 is 0 Å². The highest BCUT2D eigenvalue weighted by molar-refractivity contribution is 7.27. The molecule has 5 aromatic rings. The fourth-order valence-electron chi connectivity index (χ4n) is 4.47. The van der Waals surface area contributed by atoms with Gasteiger partial charge in [0.05, 0.1) is 5.69 Å². The standard InChI is InChI=1S/C27H23NS/c1-16-6-7-19-10-11-22-21-4-3-5-23(26(21)29-27(22)24(19)14-16)25-15-20(12-13-28-25)17(2)18-8-9-18/h3-7,10-15,17-18H,8-9H2,1-2H3/i17D. The van der Waals surface area contributed by atoms with Crippen molar-refractivity contribution >= 4 is 42.3 Å². The van der Waals surface area contributed by atoms with Crippen LogP contribution in [0.2, 0.25) is 0 Å². The number of aryl methyl sites for hydroxylation is 1. The summed E-state index contributed by atoms with van der Waals surface area (Å²) < 4.78 is 11.5. The number of benzene rings is 3. The lowest BCUT2D eigenvalue weighted by molar-refractivity contribution is 0.663. The molecule has 0 radical (unpaired) electrons. The summed E-state index contributed by atoms with van der Waals surface area (Å²) >= 11 is 1.87. The summed E-state index contributed by atoms with van der Waals surface area (Å²) in [5, 5.41) is 5.22. The first-order valence-electron chi connectivity index (χ1n) is 10.8. The molecular formula is C27H23NS. The lowest BCUT2D eigenvalue weighted by Crippen LogP contribution is -1.97. The molecule has 3 aromatic carbocycles. The highest BCUT2D eigenvalue weighted by Gasteiger charge is 2.29. The van der Waals surface area contributed by atoms with Crippen LogP contribution in [0.5, 0.6) is 0 Å². The zero-order valence-corrected chi connectivity index (χ0v) is 17.5. The van der Waals surface area contributed by atoms with Crippen LogP contribution in [0.15, 0.2) is 66.9 Å². The molecule has 0 saturated heterocycles. The first-order chi connectivity index (χ1) is 14.5. The Balaban J connectivity index is 1.60. The Morgan fingerprint density at radius 1 is 0.966 bits per heavy atom. The normalized spacial score (nSPS) is 17.0. The Morgan fingerprint density at radius 3 is 2.66 bits per heavy atom. The summed E-state index contributed by atoms with van der Waals surface area (Å²) in [6, 6.07) is 21.9. The second-order valence-electron chi connectivity index (χ2n) is 8.34. The number of thiophene rings is 1. The molecule has 29 heavy (non-hydrogen) atoms. The van der Waals surface area contributed by atoms with E-state index in [0.717, 1.165) is 24.1 Å². The molecule has 2 heterocycles. The third kappa shape index (κ3) is 2.78. The Morgan fingerprint density at radius 2 is 1.79 bits per heavy atom. The van der Waals surface area contributed by atoms with E-state index in [9.17, 15) is 0 Å². The van der Waals surface area contributed by atoms with Crippen LogP contribution in [-0.4, -0.2) is 4.98 Å². The topological polar surface area (TPSA) is 12.9 Å². The maximum atomic E-state index is 8.88. The van der Waals surface area contributed by atoms with Crippen molar-refractivity contribution in [2.75, 3.05) is 0 Å². The number of rotatable bonds is 3. The maximum absolute atomic E-state index is 8.88. The molecule has 142 valence electrons. The van der Waals surface area contributed by atoms with Crippen molar-refractivity contribution in [1.82, 2.24) is 4.98 Å². The highest BCUT2D eigenvalue weighted by atomic mass is 32.1. The van der Waals surface area contributed by atoms with Gasteiger partial charge in [0, 0.05) is 33.3 Å². The lowest BCUT2D eigenvalue weighted by Gasteiger charge is -2.12. The van der Waals surface area contributed by atoms with Gasteiger partial charge in [0.2, 0.25) is 0 Å². The first-order valence-corrected chi connectivity index (χ1v) is 11.2. The van der Waals surface area contributed by atoms with Gasteiger partial charge in [0.25, 0.3) is 0 Å². The molecule has 1 fully saturated rings. The van der Waals surface area contributed by atoms with E-state index in [1.807, 2.05) is 23.6 Å². The summed E-state index contributed by atoms with van der Waals surface area (Å²) in [6.45, 7) is 4.21. The zero-order chi connectivity index (χ0) is 20.5. The van der Waals surface area contributed by atoms with Crippen LogP contribution in [-0.2, 0) is 0 Å². The van der Waals surface area contributed by atoms with Gasteiger partial charge in [-0.1, -0.05) is 55.0 Å². The first kappa shape index (κ1) is 16.1. The smallest absolute Gasteiger partial charge is 0.0719 e. The number of nitrogens with zero attached hydrogens (tertiary/aromatic N) is 1. The van der Waals surface area contributed by atoms with Crippen molar-refractivity contribution in [3.63, 3.8) is 0 Å². The van der Waals surface area contributed by atoms with Crippen molar-refractivity contribution in [3.05, 3.63) is 78.0 Å². The molecular weight excluding hydrogens is 370 g/mol. The van der Waals surface area contributed by atoms with Gasteiger partial charge in [-0.15, -0.1) is 11.3 Å². The predicted molar refractivity (Wildman–Crippen MR) is 126 cm³/mol. The van der Waals surface area contributed by atoms with Crippen molar-refractivity contribution in [1.29, 1.82) is 0 Å². The number of hydrogen-bond donors (Lipinski definition) is 0. The van der Waals surface area contributed by atoms with E-state index < -0.39 is 5.89 Å². The molecule has 1 nitrogen and oxygen atoms in total. The molecule has 1 saturated carbocycles. The molecule has 0 N–H and O–H groups in total. The molecule has 2 aromatic heterocycles. The van der Waals surface area contributed by atoms with Crippen LogP contribution in [0.25, 0.3) is 42.2 Å². The van der Waals surface area contributed by atoms with Crippen LogP contribution in [0.1, 0.15) is 38.2 Å². The van der Waals surface area contributed by atoms with Crippen LogP contribution >= 0.6 is 11.3 Å². The second-order valence-corrected chi connectivity index (χ2v) is 9.36. The van der Waals surface area contributed by atoms with E-state index in [-0.39, 0.29) is 0 Å². The van der Waals surface area contributed by atoms with Gasteiger partial charge >= 0.3 is 0 Å². The van der Waals surface area contributed by atoms with Gasteiger partial charge in [-0.3, -0.25) is 4.98 Å². The molecule has 1 atom stereocenters. The molecule has 1 aliphatic carbocycles. The summed E-state index contributed by atoms with van der Waals surface area (Å²) in [5.74, 6) is -0.0538. The molecule has 1 aliphatic rings. The largest absolute Gasteiger partial charge is 0.256 e. The van der Waals surface area contributed by atoms with E-state index >= 15 is 0 Å². The maximum Gasteiger partial charge on any atom is 0.0719 e. The number of pyridine rings is 1. The van der Waals surface area contributed by atoms with Gasteiger partial charge in [-0.05, 0) is 66.1 Å². The monoisotopic (exact) mass is 394 g/mol. The number of hydrogen-bond acceptors (Lipinski definition) is 2. The Hall–Kier alpha value is -2.71. The summed E-state index contributed by atoms with van der Waals surface area (Å²) in [7, 11) is 0. The van der Waals surface area contributed by atoms with Crippen LogP contribution in [0.4, 0.5) is 0 Å². The average Bonchev–Trinajstić information content (AvgIpc) is 3.55. The van der Waals surface area contributed by atoms with E-state index in [0.29, 0.717) is 5.92 Å². The van der Waals surface area contributed by atoms with Gasteiger partial charge in [0.1, 0.15) is 0 Å². The Bertz CT molecular complexity index is 1440. The van der Waals surface area contributed by atoms with E-state index in [1.54, 1.807) is 0 Å². The summed E-state index contributed by atoms with van der Waals surface area (Å²) in [4.78, 5) is 4.72. The quantitative estimate of drug-likeness (QED) is 0.301. The minimum absolute atomic E-state index is 0.475. The van der Waals surface area contributed by atoms with Gasteiger partial charge in [-0.2, -0.15) is 0 Å². The van der Waals surface area contributed by atoms with Crippen molar-refractivity contribution in [2.24, 2.45) is 5.92 Å². The third-order valence-electron chi connectivity index (χ3n) is 6.32. The second kappa shape index (κ2) is 6.40. The molecule has 2 heteroatoms. The molecule has 0 spiro atoms. The van der Waals surface area contributed by atoms with E-state index in [1.165, 1.54) is 42.1 Å². The van der Waals surface area contributed by atoms with Crippen molar-refractivity contribution in [2.45, 2.75) is 32.6 Å².